The molecule has 1 aromatic carbocycles. The number of nitrogens with zero attached hydrogens (tertiary/aromatic N) is 2. The molecule has 1 unspecified atom stereocenters. The van der Waals surface area contributed by atoms with E-state index in [9.17, 15) is 32.3 Å². The summed E-state index contributed by atoms with van der Waals surface area (Å²) in [6, 6.07) is 3.99. The molecular weight excluding hydrogens is 410 g/mol. The Morgan fingerprint density at radius 2 is 2.07 bits per heavy atom. The zero-order chi connectivity index (χ0) is 22.3. The number of anilines is 2. The topological polar surface area (TPSA) is 82.1 Å². The second kappa shape index (κ2) is 7.93. The van der Waals surface area contributed by atoms with Gasteiger partial charge >= 0.3 is 12.3 Å². The largest absolute Gasteiger partial charge is 0.442 e. The second-order valence-corrected chi connectivity index (χ2v) is 7.71. The number of hydrogen-bond acceptors (Lipinski definition) is 5. The zero-order valence-electron chi connectivity index (χ0n) is 16.5. The third kappa shape index (κ3) is 4.16. The standard InChI is InChI=1S/C19H23F4N3O4/c1-11-9-25(6-5-18(11,29)19(21,22)23)16-4-3-13(7-15(16)20)26-10-14(30-17(26)28)8-24-12(2)27/h3-4,7,11,14,29H,5-6,8-10H2,1-2H3,(H,24,27)/t11-,14+,18?/m1/s1. The lowest BCUT2D eigenvalue weighted by Gasteiger charge is -2.44. The smallest absolute Gasteiger partial charge is 0.417 e. The average molecular weight is 433 g/mol. The molecule has 2 aliphatic rings. The van der Waals surface area contributed by atoms with Crippen LogP contribution in [0.4, 0.5) is 33.7 Å². The van der Waals surface area contributed by atoms with E-state index in [0.717, 1.165) is 6.07 Å². The summed E-state index contributed by atoms with van der Waals surface area (Å²) in [7, 11) is 0. The Labute approximate surface area is 170 Å². The number of amides is 2. The highest BCUT2D eigenvalue weighted by atomic mass is 19.4. The summed E-state index contributed by atoms with van der Waals surface area (Å²) in [6.45, 7) is 2.53. The van der Waals surface area contributed by atoms with Crippen LogP contribution in [0.1, 0.15) is 20.3 Å². The Hall–Kier alpha value is -2.56. The fourth-order valence-electron chi connectivity index (χ4n) is 3.78. The minimum Gasteiger partial charge on any atom is -0.442 e. The Balaban J connectivity index is 1.71. The lowest BCUT2D eigenvalue weighted by Crippen LogP contribution is -2.59. The maximum absolute atomic E-state index is 14.8. The van der Waals surface area contributed by atoms with Crippen molar-refractivity contribution in [1.82, 2.24) is 5.32 Å². The molecule has 2 N–H and O–H groups in total. The molecule has 3 rings (SSSR count). The third-order valence-corrected chi connectivity index (χ3v) is 5.60. The van der Waals surface area contributed by atoms with Crippen LogP contribution in [-0.2, 0) is 9.53 Å². The molecule has 2 aliphatic heterocycles. The van der Waals surface area contributed by atoms with Gasteiger partial charge in [-0.1, -0.05) is 6.92 Å². The first-order valence-corrected chi connectivity index (χ1v) is 9.48. The SMILES string of the molecule is CC(=O)NC[C@H]1CN(c2ccc(N3CCC(O)(C(F)(F)F)[C@H](C)C3)c(F)c2)C(=O)O1. The number of piperidine rings is 1. The maximum atomic E-state index is 14.8. The van der Waals surface area contributed by atoms with Gasteiger partial charge in [-0.15, -0.1) is 0 Å². The summed E-state index contributed by atoms with van der Waals surface area (Å²) < 4.78 is 59.4. The van der Waals surface area contributed by atoms with Crippen LogP contribution in [0.25, 0.3) is 0 Å². The highest BCUT2D eigenvalue weighted by Crippen LogP contribution is 2.43. The molecule has 30 heavy (non-hydrogen) atoms. The van der Waals surface area contributed by atoms with Crippen LogP contribution in [0.15, 0.2) is 18.2 Å². The van der Waals surface area contributed by atoms with Crippen LogP contribution in [0, 0.1) is 11.7 Å². The molecule has 0 aliphatic carbocycles. The Bertz CT molecular complexity index is 834. The van der Waals surface area contributed by atoms with Crippen LogP contribution in [0.2, 0.25) is 0 Å². The van der Waals surface area contributed by atoms with E-state index in [1.54, 1.807) is 0 Å². The van der Waals surface area contributed by atoms with Gasteiger partial charge in [0.2, 0.25) is 5.91 Å². The van der Waals surface area contributed by atoms with Crippen LogP contribution in [0.3, 0.4) is 0 Å². The van der Waals surface area contributed by atoms with Gasteiger partial charge in [-0.05, 0) is 18.2 Å². The Morgan fingerprint density at radius 3 is 2.63 bits per heavy atom. The molecule has 2 amide bonds. The van der Waals surface area contributed by atoms with Crippen LogP contribution >= 0.6 is 0 Å². The lowest BCUT2D eigenvalue weighted by molar-refractivity contribution is -0.281. The summed E-state index contributed by atoms with van der Waals surface area (Å²) in [4.78, 5) is 25.7. The minimum atomic E-state index is -4.76. The molecule has 7 nitrogen and oxygen atoms in total. The molecule has 0 bridgehead atoms. The molecule has 0 aromatic heterocycles. The minimum absolute atomic E-state index is 0.0946. The van der Waals surface area contributed by atoms with Crippen molar-refractivity contribution in [2.75, 3.05) is 36.0 Å². The maximum Gasteiger partial charge on any atom is 0.417 e. The molecule has 166 valence electrons. The molecule has 11 heteroatoms. The van der Waals surface area contributed by atoms with Crippen LogP contribution < -0.4 is 15.1 Å². The number of halogens is 4. The van der Waals surface area contributed by atoms with Gasteiger partial charge in [0.1, 0.15) is 11.9 Å². The first-order chi connectivity index (χ1) is 13.9. The number of carbonyl (C=O) groups excluding carboxylic acids is 2. The second-order valence-electron chi connectivity index (χ2n) is 7.71. The number of benzene rings is 1. The molecule has 1 aromatic rings. The van der Waals surface area contributed by atoms with Gasteiger partial charge in [-0.3, -0.25) is 9.69 Å². The molecule has 2 saturated heterocycles. The summed E-state index contributed by atoms with van der Waals surface area (Å²) >= 11 is 0. The van der Waals surface area contributed by atoms with E-state index in [4.69, 9.17) is 4.74 Å². The summed E-state index contributed by atoms with van der Waals surface area (Å²) in [6.07, 6.45) is -6.58. The van der Waals surface area contributed by atoms with Crippen LogP contribution in [-0.4, -0.2) is 61.2 Å². The zero-order valence-corrected chi connectivity index (χ0v) is 16.5. The van der Waals surface area contributed by atoms with Crippen molar-refractivity contribution in [3.05, 3.63) is 24.0 Å². The Kier molecular flexibility index (Phi) is 5.85. The normalized spacial score (nSPS) is 27.2. The van der Waals surface area contributed by atoms with Crippen molar-refractivity contribution in [3.63, 3.8) is 0 Å². The highest BCUT2D eigenvalue weighted by Gasteiger charge is 2.58. The van der Waals surface area contributed by atoms with E-state index < -0.39 is 42.1 Å². The van der Waals surface area contributed by atoms with Gasteiger partial charge in [0.25, 0.3) is 0 Å². The molecule has 2 heterocycles. The molecule has 2 fully saturated rings. The fourth-order valence-corrected chi connectivity index (χ4v) is 3.78. The monoisotopic (exact) mass is 433 g/mol. The number of alkyl halides is 3. The van der Waals surface area contributed by atoms with Gasteiger partial charge in [0.15, 0.2) is 5.60 Å². The van der Waals surface area contributed by atoms with Gasteiger partial charge in [-0.2, -0.15) is 13.2 Å². The number of cyclic esters (lactones) is 1. The van der Waals surface area contributed by atoms with Gasteiger partial charge in [0, 0.05) is 32.4 Å². The van der Waals surface area contributed by atoms with Gasteiger partial charge in [-0.25, -0.2) is 9.18 Å². The molecule has 0 radical (unpaired) electrons. The van der Waals surface area contributed by atoms with E-state index in [1.165, 1.54) is 35.8 Å². The number of rotatable bonds is 4. The molecule has 0 spiro atoms. The quantitative estimate of drug-likeness (QED) is 0.713. The van der Waals surface area contributed by atoms with Crippen molar-refractivity contribution >= 4 is 23.4 Å². The van der Waals surface area contributed by atoms with Gasteiger partial charge < -0.3 is 20.1 Å². The predicted octanol–water partition coefficient (Wildman–Crippen LogP) is 2.43. The third-order valence-electron chi connectivity index (χ3n) is 5.60. The molecule has 3 atom stereocenters. The van der Waals surface area contributed by atoms with E-state index in [2.05, 4.69) is 5.32 Å². The molecule has 0 saturated carbocycles. The van der Waals surface area contributed by atoms with Crippen molar-refractivity contribution in [2.24, 2.45) is 5.92 Å². The number of carbonyl (C=O) groups is 2. The van der Waals surface area contributed by atoms with Crippen molar-refractivity contribution in [3.8, 4) is 0 Å². The van der Waals surface area contributed by atoms with E-state index in [0.29, 0.717) is 0 Å². The van der Waals surface area contributed by atoms with Crippen LogP contribution in [0.5, 0.6) is 0 Å². The van der Waals surface area contributed by atoms with E-state index in [-0.39, 0.29) is 43.5 Å². The number of hydrogen-bond donors (Lipinski definition) is 2. The summed E-state index contributed by atoms with van der Waals surface area (Å²) in [5.74, 6) is -2.11. The Morgan fingerprint density at radius 1 is 1.37 bits per heavy atom. The van der Waals surface area contributed by atoms with Crippen molar-refractivity contribution < 1.29 is 37.0 Å². The summed E-state index contributed by atoms with van der Waals surface area (Å²) in [5, 5.41) is 12.5. The average Bonchev–Trinajstić information content (AvgIpc) is 3.02. The highest BCUT2D eigenvalue weighted by molar-refractivity contribution is 5.90. The first-order valence-electron chi connectivity index (χ1n) is 9.48. The van der Waals surface area contributed by atoms with E-state index >= 15 is 0 Å². The predicted molar refractivity (Wildman–Crippen MR) is 99.7 cm³/mol. The van der Waals surface area contributed by atoms with Gasteiger partial charge in [0.05, 0.1) is 24.5 Å². The number of ether oxygens (including phenoxy) is 1. The molecular formula is C19H23F4N3O4. The van der Waals surface area contributed by atoms with Crippen molar-refractivity contribution in [1.29, 1.82) is 0 Å². The van der Waals surface area contributed by atoms with E-state index in [1.807, 2.05) is 0 Å². The first kappa shape index (κ1) is 22.1. The number of nitrogens with one attached hydrogen (secondary N) is 1. The summed E-state index contributed by atoms with van der Waals surface area (Å²) in [5.41, 5.74) is -2.47. The lowest BCUT2D eigenvalue weighted by atomic mass is 9.81. The fraction of sp³-hybridized carbons (Fsp3) is 0.579. The van der Waals surface area contributed by atoms with Crippen molar-refractivity contribution in [2.45, 2.75) is 38.1 Å². The number of aliphatic hydroxyl groups is 1.